The molecule has 1 aromatic heterocycles. The van der Waals surface area contributed by atoms with E-state index < -0.39 is 0 Å². The predicted octanol–water partition coefficient (Wildman–Crippen LogP) is 0.926. The van der Waals surface area contributed by atoms with Crippen LogP contribution in [-0.2, 0) is 12.1 Å². The smallest absolute Gasteiger partial charge is 0.165 e. The third-order valence-electron chi connectivity index (χ3n) is 1.84. The first-order valence-corrected chi connectivity index (χ1v) is 4.92. The van der Waals surface area contributed by atoms with Gasteiger partial charge in [0.2, 0.25) is 0 Å². The number of nitrogens with one attached hydrogen (secondary N) is 1. The summed E-state index contributed by atoms with van der Waals surface area (Å²) >= 11 is 0. The SMILES string of the molecule is CC(C)NCc1nnnn1C(C)(C)C. The lowest BCUT2D eigenvalue weighted by molar-refractivity contribution is 0.330. The van der Waals surface area contributed by atoms with Gasteiger partial charge in [0.15, 0.2) is 5.82 Å². The standard InChI is InChI=1S/C9H19N5/c1-7(2)10-6-8-11-12-13-14(8)9(3,4)5/h7,10H,6H2,1-5H3. The van der Waals surface area contributed by atoms with Crippen LogP contribution in [0.25, 0.3) is 0 Å². The first-order chi connectivity index (χ1) is 6.41. The van der Waals surface area contributed by atoms with Crippen LogP contribution < -0.4 is 5.32 Å². The Bertz CT molecular complexity index is 284. The highest BCUT2D eigenvalue weighted by molar-refractivity contribution is 4.86. The molecule has 0 saturated heterocycles. The van der Waals surface area contributed by atoms with Gasteiger partial charge in [-0.1, -0.05) is 13.8 Å². The minimum absolute atomic E-state index is 0.0580. The van der Waals surface area contributed by atoms with Crippen molar-refractivity contribution in [2.45, 2.75) is 52.7 Å². The lowest BCUT2D eigenvalue weighted by atomic mass is 10.1. The van der Waals surface area contributed by atoms with Crippen LogP contribution in [0.5, 0.6) is 0 Å². The minimum atomic E-state index is -0.0580. The molecule has 0 aliphatic carbocycles. The lowest BCUT2D eigenvalue weighted by Crippen LogP contribution is -2.30. The zero-order valence-electron chi connectivity index (χ0n) is 9.57. The lowest BCUT2D eigenvalue weighted by Gasteiger charge is -2.20. The van der Waals surface area contributed by atoms with Crippen LogP contribution in [0.15, 0.2) is 0 Å². The Morgan fingerprint density at radius 2 is 2.00 bits per heavy atom. The highest BCUT2D eigenvalue weighted by Gasteiger charge is 2.19. The van der Waals surface area contributed by atoms with Crippen molar-refractivity contribution in [3.05, 3.63) is 5.82 Å². The van der Waals surface area contributed by atoms with Crippen LogP contribution in [0.1, 0.15) is 40.4 Å². The van der Waals surface area contributed by atoms with E-state index in [0.29, 0.717) is 12.6 Å². The molecule has 0 aliphatic rings. The van der Waals surface area contributed by atoms with Crippen LogP contribution in [0.2, 0.25) is 0 Å². The summed E-state index contributed by atoms with van der Waals surface area (Å²) in [4.78, 5) is 0. The second-order valence-electron chi connectivity index (χ2n) is 4.71. The minimum Gasteiger partial charge on any atom is -0.308 e. The van der Waals surface area contributed by atoms with Gasteiger partial charge < -0.3 is 5.32 Å². The molecule has 0 fully saturated rings. The molecule has 0 spiro atoms. The van der Waals surface area contributed by atoms with Gasteiger partial charge in [-0.3, -0.25) is 0 Å². The van der Waals surface area contributed by atoms with Crippen LogP contribution >= 0.6 is 0 Å². The van der Waals surface area contributed by atoms with E-state index in [2.05, 4.69) is 55.5 Å². The molecule has 1 N–H and O–H groups in total. The van der Waals surface area contributed by atoms with Crippen molar-refractivity contribution in [3.63, 3.8) is 0 Å². The molecule has 0 unspecified atom stereocenters. The van der Waals surface area contributed by atoms with Crippen molar-refractivity contribution in [2.24, 2.45) is 0 Å². The molecule has 14 heavy (non-hydrogen) atoms. The molecule has 1 aromatic rings. The summed E-state index contributed by atoms with van der Waals surface area (Å²) in [6.45, 7) is 11.2. The third kappa shape index (κ3) is 2.77. The summed E-state index contributed by atoms with van der Waals surface area (Å²) in [6, 6.07) is 0.445. The van der Waals surface area contributed by atoms with Crippen molar-refractivity contribution in [2.75, 3.05) is 0 Å². The predicted molar refractivity (Wildman–Crippen MR) is 54.8 cm³/mol. The Balaban J connectivity index is 2.73. The summed E-state index contributed by atoms with van der Waals surface area (Å²) in [5.74, 6) is 0.881. The zero-order chi connectivity index (χ0) is 10.8. The van der Waals surface area contributed by atoms with Gasteiger partial charge >= 0.3 is 0 Å². The summed E-state index contributed by atoms with van der Waals surface area (Å²) in [5, 5.41) is 15.0. The van der Waals surface area contributed by atoms with E-state index in [1.54, 1.807) is 0 Å². The van der Waals surface area contributed by atoms with E-state index in [0.717, 1.165) is 5.82 Å². The van der Waals surface area contributed by atoms with E-state index in [4.69, 9.17) is 0 Å². The molecular formula is C9H19N5. The van der Waals surface area contributed by atoms with Gasteiger partial charge in [0.25, 0.3) is 0 Å². The largest absolute Gasteiger partial charge is 0.308 e. The van der Waals surface area contributed by atoms with Crippen LogP contribution in [0, 0.1) is 0 Å². The van der Waals surface area contributed by atoms with Gasteiger partial charge in [-0.25, -0.2) is 4.68 Å². The van der Waals surface area contributed by atoms with Gasteiger partial charge in [-0.05, 0) is 31.2 Å². The third-order valence-corrected chi connectivity index (χ3v) is 1.84. The van der Waals surface area contributed by atoms with Crippen LogP contribution in [0.4, 0.5) is 0 Å². The van der Waals surface area contributed by atoms with E-state index in [1.165, 1.54) is 0 Å². The summed E-state index contributed by atoms with van der Waals surface area (Å²) in [5.41, 5.74) is -0.0580. The first-order valence-electron chi connectivity index (χ1n) is 4.92. The van der Waals surface area contributed by atoms with Gasteiger partial charge in [0.05, 0.1) is 12.1 Å². The van der Waals surface area contributed by atoms with Crippen molar-refractivity contribution in [1.29, 1.82) is 0 Å². The number of tetrazole rings is 1. The van der Waals surface area contributed by atoms with Gasteiger partial charge in [-0.15, -0.1) is 5.10 Å². The highest BCUT2D eigenvalue weighted by atomic mass is 15.6. The van der Waals surface area contributed by atoms with Gasteiger partial charge in [0, 0.05) is 6.04 Å². The number of nitrogens with zero attached hydrogens (tertiary/aromatic N) is 4. The van der Waals surface area contributed by atoms with E-state index >= 15 is 0 Å². The Kier molecular flexibility index (Phi) is 3.21. The van der Waals surface area contributed by atoms with Crippen molar-refractivity contribution in [1.82, 2.24) is 25.5 Å². The second kappa shape index (κ2) is 4.04. The molecule has 0 atom stereocenters. The maximum absolute atomic E-state index is 3.99. The highest BCUT2D eigenvalue weighted by Crippen LogP contribution is 2.12. The molecule has 1 rings (SSSR count). The number of hydrogen-bond donors (Lipinski definition) is 1. The molecule has 1 heterocycles. The van der Waals surface area contributed by atoms with Crippen molar-refractivity contribution in [3.8, 4) is 0 Å². The Morgan fingerprint density at radius 3 is 2.50 bits per heavy atom. The molecule has 0 saturated carbocycles. The average molecular weight is 197 g/mol. The molecule has 5 heteroatoms. The number of rotatable bonds is 3. The molecule has 0 radical (unpaired) electrons. The Hall–Kier alpha value is -0.970. The summed E-state index contributed by atoms with van der Waals surface area (Å²) in [6.07, 6.45) is 0. The summed E-state index contributed by atoms with van der Waals surface area (Å²) < 4.78 is 1.85. The second-order valence-corrected chi connectivity index (χ2v) is 4.71. The van der Waals surface area contributed by atoms with Crippen LogP contribution in [0.3, 0.4) is 0 Å². The monoisotopic (exact) mass is 197 g/mol. The van der Waals surface area contributed by atoms with E-state index in [9.17, 15) is 0 Å². The molecular weight excluding hydrogens is 178 g/mol. The fourth-order valence-corrected chi connectivity index (χ4v) is 1.13. The topological polar surface area (TPSA) is 55.6 Å². The molecule has 0 amide bonds. The van der Waals surface area contributed by atoms with Crippen molar-refractivity contribution >= 4 is 0 Å². The van der Waals surface area contributed by atoms with Gasteiger partial charge in [0.1, 0.15) is 0 Å². The fourth-order valence-electron chi connectivity index (χ4n) is 1.13. The van der Waals surface area contributed by atoms with Crippen molar-refractivity contribution < 1.29 is 0 Å². The average Bonchev–Trinajstić information content (AvgIpc) is 2.46. The Labute approximate surface area is 84.9 Å². The quantitative estimate of drug-likeness (QED) is 0.783. The zero-order valence-corrected chi connectivity index (χ0v) is 9.57. The molecule has 0 aromatic carbocycles. The number of hydrogen-bond acceptors (Lipinski definition) is 4. The molecule has 0 bridgehead atoms. The maximum Gasteiger partial charge on any atom is 0.165 e. The molecule has 80 valence electrons. The molecule has 5 nitrogen and oxygen atoms in total. The maximum atomic E-state index is 3.99. The van der Waals surface area contributed by atoms with E-state index in [-0.39, 0.29) is 5.54 Å². The fraction of sp³-hybridized carbons (Fsp3) is 0.889. The van der Waals surface area contributed by atoms with E-state index in [1.807, 2.05) is 4.68 Å². The molecule has 0 aliphatic heterocycles. The number of aromatic nitrogens is 4. The normalized spacial score (nSPS) is 12.4. The Morgan fingerprint density at radius 1 is 1.36 bits per heavy atom. The van der Waals surface area contributed by atoms with Gasteiger partial charge in [-0.2, -0.15) is 0 Å². The van der Waals surface area contributed by atoms with Crippen LogP contribution in [-0.4, -0.2) is 26.2 Å². The first kappa shape index (κ1) is 11.1. The summed E-state index contributed by atoms with van der Waals surface area (Å²) in [7, 11) is 0.